The molecule has 0 bridgehead atoms. The highest BCUT2D eigenvalue weighted by molar-refractivity contribution is 7.80. The van der Waals surface area contributed by atoms with E-state index in [1.807, 2.05) is 0 Å². The second kappa shape index (κ2) is 6.00. The van der Waals surface area contributed by atoms with E-state index in [-0.39, 0.29) is 0 Å². The molecule has 2 heteroatoms. The Kier molecular flexibility index (Phi) is 4.94. The van der Waals surface area contributed by atoms with Crippen molar-refractivity contribution in [3.63, 3.8) is 0 Å². The van der Waals surface area contributed by atoms with Gasteiger partial charge in [0, 0.05) is 11.6 Å². The lowest BCUT2D eigenvalue weighted by Gasteiger charge is -2.11. The summed E-state index contributed by atoms with van der Waals surface area (Å²) in [6.07, 6.45) is 1.13. The van der Waals surface area contributed by atoms with E-state index in [9.17, 15) is 0 Å². The van der Waals surface area contributed by atoms with Gasteiger partial charge in [0.25, 0.3) is 0 Å². The van der Waals surface area contributed by atoms with Crippen molar-refractivity contribution in [2.75, 3.05) is 5.32 Å². The van der Waals surface area contributed by atoms with Gasteiger partial charge >= 0.3 is 0 Å². The SMILES string of the molecule is CC(C)Cc1ccc(NC(=S)C(C)C)cc1. The molecule has 0 saturated heterocycles. The van der Waals surface area contributed by atoms with Gasteiger partial charge in [0.05, 0.1) is 4.99 Å². The highest BCUT2D eigenvalue weighted by Gasteiger charge is 2.03. The third kappa shape index (κ3) is 4.31. The van der Waals surface area contributed by atoms with Crippen molar-refractivity contribution in [2.24, 2.45) is 11.8 Å². The normalized spacial score (nSPS) is 10.9. The lowest BCUT2D eigenvalue weighted by Crippen LogP contribution is -2.15. The number of anilines is 1. The standard InChI is InChI=1S/C14H21NS/c1-10(2)9-12-5-7-13(8-6-12)15-14(16)11(3)4/h5-8,10-11H,9H2,1-4H3,(H,15,16). The Bertz CT molecular complexity index is 338. The fraction of sp³-hybridized carbons (Fsp3) is 0.500. The monoisotopic (exact) mass is 235 g/mol. The van der Waals surface area contributed by atoms with Gasteiger partial charge in [0.2, 0.25) is 0 Å². The summed E-state index contributed by atoms with van der Waals surface area (Å²) in [7, 11) is 0. The van der Waals surface area contributed by atoms with Crippen LogP contribution in [0.5, 0.6) is 0 Å². The van der Waals surface area contributed by atoms with Gasteiger partial charge in [-0.05, 0) is 30.0 Å². The van der Waals surface area contributed by atoms with Crippen molar-refractivity contribution in [2.45, 2.75) is 34.1 Å². The molecule has 1 nitrogen and oxygen atoms in total. The van der Waals surface area contributed by atoms with Crippen LogP contribution in [0, 0.1) is 11.8 Å². The molecule has 0 saturated carbocycles. The summed E-state index contributed by atoms with van der Waals surface area (Å²) in [5.41, 5.74) is 2.47. The molecule has 0 aliphatic heterocycles. The molecule has 1 N–H and O–H groups in total. The van der Waals surface area contributed by atoms with Gasteiger partial charge in [0.1, 0.15) is 0 Å². The molecule has 0 unspecified atom stereocenters. The lowest BCUT2D eigenvalue weighted by atomic mass is 10.0. The van der Waals surface area contributed by atoms with Crippen LogP contribution in [0.4, 0.5) is 5.69 Å². The highest BCUT2D eigenvalue weighted by Crippen LogP contribution is 2.14. The molecule has 16 heavy (non-hydrogen) atoms. The quantitative estimate of drug-likeness (QED) is 0.782. The zero-order valence-corrected chi connectivity index (χ0v) is 11.4. The molecule has 1 rings (SSSR count). The average Bonchev–Trinajstić information content (AvgIpc) is 2.20. The van der Waals surface area contributed by atoms with Crippen molar-refractivity contribution < 1.29 is 0 Å². The molecular weight excluding hydrogens is 214 g/mol. The van der Waals surface area contributed by atoms with Gasteiger partial charge in [-0.3, -0.25) is 0 Å². The summed E-state index contributed by atoms with van der Waals surface area (Å²) in [5, 5.41) is 3.25. The van der Waals surface area contributed by atoms with Crippen LogP contribution in [0.25, 0.3) is 0 Å². The fourth-order valence-corrected chi connectivity index (χ4v) is 1.60. The minimum atomic E-state index is 0.394. The van der Waals surface area contributed by atoms with Crippen LogP contribution in [0.2, 0.25) is 0 Å². The Labute approximate surface area is 104 Å². The van der Waals surface area contributed by atoms with Crippen LogP contribution in [0.3, 0.4) is 0 Å². The van der Waals surface area contributed by atoms with Gasteiger partial charge < -0.3 is 5.32 Å². The van der Waals surface area contributed by atoms with Crippen LogP contribution in [-0.2, 0) is 6.42 Å². The predicted molar refractivity (Wildman–Crippen MR) is 76.0 cm³/mol. The minimum absolute atomic E-state index is 0.394. The first-order valence-electron chi connectivity index (χ1n) is 5.89. The summed E-state index contributed by atoms with van der Waals surface area (Å²) < 4.78 is 0. The molecule has 1 aromatic carbocycles. The number of benzene rings is 1. The maximum Gasteiger partial charge on any atom is 0.0823 e. The van der Waals surface area contributed by atoms with E-state index in [1.165, 1.54) is 5.56 Å². The number of nitrogens with one attached hydrogen (secondary N) is 1. The summed E-state index contributed by atoms with van der Waals surface area (Å²) >= 11 is 5.25. The molecular formula is C14H21NS. The zero-order chi connectivity index (χ0) is 12.1. The first kappa shape index (κ1) is 13.2. The Morgan fingerprint density at radius 1 is 1.12 bits per heavy atom. The molecule has 0 aliphatic rings. The Balaban J connectivity index is 2.61. The molecule has 0 fully saturated rings. The number of rotatable bonds is 4. The molecule has 0 spiro atoms. The minimum Gasteiger partial charge on any atom is -0.350 e. The van der Waals surface area contributed by atoms with Crippen LogP contribution < -0.4 is 5.32 Å². The molecule has 1 aromatic rings. The maximum atomic E-state index is 5.25. The Morgan fingerprint density at radius 2 is 1.69 bits per heavy atom. The van der Waals surface area contributed by atoms with E-state index < -0.39 is 0 Å². The molecule has 0 heterocycles. The Morgan fingerprint density at radius 3 is 2.12 bits per heavy atom. The average molecular weight is 235 g/mol. The molecule has 0 amide bonds. The van der Waals surface area contributed by atoms with Gasteiger partial charge in [-0.2, -0.15) is 0 Å². The van der Waals surface area contributed by atoms with E-state index in [0.29, 0.717) is 11.8 Å². The first-order chi connectivity index (χ1) is 7.49. The van der Waals surface area contributed by atoms with Crippen LogP contribution >= 0.6 is 12.2 Å². The molecule has 0 aromatic heterocycles. The maximum absolute atomic E-state index is 5.25. The van der Waals surface area contributed by atoms with Crippen molar-refractivity contribution in [3.05, 3.63) is 29.8 Å². The van der Waals surface area contributed by atoms with Crippen molar-refractivity contribution >= 4 is 22.9 Å². The van der Waals surface area contributed by atoms with Crippen molar-refractivity contribution in [3.8, 4) is 0 Å². The smallest absolute Gasteiger partial charge is 0.0823 e. The van der Waals surface area contributed by atoms with Gasteiger partial charge in [0.15, 0.2) is 0 Å². The topological polar surface area (TPSA) is 12.0 Å². The second-order valence-corrected chi connectivity index (χ2v) is 5.38. The summed E-state index contributed by atoms with van der Waals surface area (Å²) in [4.78, 5) is 0.900. The lowest BCUT2D eigenvalue weighted by molar-refractivity contribution is 0.647. The summed E-state index contributed by atoms with van der Waals surface area (Å²) in [6.45, 7) is 8.67. The summed E-state index contributed by atoms with van der Waals surface area (Å²) in [6, 6.07) is 8.55. The van der Waals surface area contributed by atoms with E-state index in [2.05, 4.69) is 57.3 Å². The predicted octanol–water partition coefficient (Wildman–Crippen LogP) is 4.28. The Hall–Kier alpha value is -0.890. The molecule has 0 radical (unpaired) electrons. The third-order valence-electron chi connectivity index (χ3n) is 2.39. The molecule has 0 aliphatic carbocycles. The fourth-order valence-electron chi connectivity index (χ4n) is 1.48. The van der Waals surface area contributed by atoms with E-state index >= 15 is 0 Å². The van der Waals surface area contributed by atoms with E-state index in [4.69, 9.17) is 12.2 Å². The van der Waals surface area contributed by atoms with Crippen molar-refractivity contribution in [1.29, 1.82) is 0 Å². The number of thiocarbonyl (C=S) groups is 1. The number of hydrogen-bond donors (Lipinski definition) is 1. The third-order valence-corrected chi connectivity index (χ3v) is 2.96. The van der Waals surface area contributed by atoms with E-state index in [0.717, 1.165) is 17.1 Å². The van der Waals surface area contributed by atoms with Gasteiger partial charge in [-0.25, -0.2) is 0 Å². The van der Waals surface area contributed by atoms with E-state index in [1.54, 1.807) is 0 Å². The van der Waals surface area contributed by atoms with Gasteiger partial charge in [-0.15, -0.1) is 0 Å². The molecule has 0 atom stereocenters. The summed E-state index contributed by atoms with van der Waals surface area (Å²) in [5.74, 6) is 1.10. The number of hydrogen-bond acceptors (Lipinski definition) is 1. The van der Waals surface area contributed by atoms with Crippen molar-refractivity contribution in [1.82, 2.24) is 0 Å². The zero-order valence-electron chi connectivity index (χ0n) is 10.6. The highest BCUT2D eigenvalue weighted by atomic mass is 32.1. The molecule has 88 valence electrons. The first-order valence-corrected chi connectivity index (χ1v) is 6.29. The second-order valence-electron chi connectivity index (χ2n) is 4.94. The largest absolute Gasteiger partial charge is 0.350 e. The van der Waals surface area contributed by atoms with Gasteiger partial charge in [-0.1, -0.05) is 52.0 Å². The van der Waals surface area contributed by atoms with Crippen LogP contribution in [0.1, 0.15) is 33.3 Å². The van der Waals surface area contributed by atoms with Crippen LogP contribution in [-0.4, -0.2) is 4.99 Å². The van der Waals surface area contributed by atoms with Crippen LogP contribution in [0.15, 0.2) is 24.3 Å².